The highest BCUT2D eigenvalue weighted by atomic mass is 127. The number of carbonyl (C=O) groups excluding carboxylic acids is 1. The minimum Gasteiger partial charge on any atom is -0.444 e. The second kappa shape index (κ2) is 10.3. The van der Waals surface area contributed by atoms with Crippen LogP contribution in [0.15, 0.2) is 4.99 Å². The number of guanidine groups is 1. The molecule has 2 saturated heterocycles. The molecule has 0 aliphatic carbocycles. The summed E-state index contributed by atoms with van der Waals surface area (Å²) >= 11 is 0. The number of piperazine rings is 1. The number of halogens is 1. The predicted octanol–water partition coefficient (Wildman–Crippen LogP) is 2.61. The van der Waals surface area contributed by atoms with E-state index in [1.54, 1.807) is 0 Å². The zero-order chi connectivity index (χ0) is 19.4. The Morgan fingerprint density at radius 2 is 1.93 bits per heavy atom. The van der Waals surface area contributed by atoms with Gasteiger partial charge < -0.3 is 24.8 Å². The van der Waals surface area contributed by atoms with Gasteiger partial charge in [0.15, 0.2) is 5.96 Å². The summed E-state index contributed by atoms with van der Waals surface area (Å²) in [6.45, 7) is 15.6. The molecule has 3 aliphatic heterocycles. The quantitative estimate of drug-likeness (QED) is 0.593. The van der Waals surface area contributed by atoms with Crippen molar-refractivity contribution >= 4 is 36.0 Å². The molecule has 162 valence electrons. The molecule has 1 amide bonds. The Hall–Kier alpha value is -0.770. The average molecular weight is 507 g/mol. The highest BCUT2D eigenvalue weighted by Crippen LogP contribution is 2.19. The molecular weight excluding hydrogens is 469 g/mol. The van der Waals surface area contributed by atoms with Gasteiger partial charge in [-0.3, -0.25) is 4.99 Å². The van der Waals surface area contributed by atoms with Crippen molar-refractivity contribution in [3.63, 3.8) is 0 Å². The molecule has 8 heteroatoms. The first-order valence-electron chi connectivity index (χ1n) is 10.6. The van der Waals surface area contributed by atoms with Gasteiger partial charge in [-0.25, -0.2) is 4.79 Å². The third-order valence-electron chi connectivity index (χ3n) is 5.49. The number of rotatable bonds is 4. The molecule has 0 aromatic carbocycles. The van der Waals surface area contributed by atoms with Crippen LogP contribution in [0.25, 0.3) is 0 Å². The Morgan fingerprint density at radius 3 is 2.61 bits per heavy atom. The van der Waals surface area contributed by atoms with E-state index in [1.807, 2.05) is 25.7 Å². The molecule has 0 bridgehead atoms. The molecule has 0 radical (unpaired) electrons. The monoisotopic (exact) mass is 507 g/mol. The van der Waals surface area contributed by atoms with Crippen LogP contribution in [-0.2, 0) is 4.74 Å². The summed E-state index contributed by atoms with van der Waals surface area (Å²) < 4.78 is 5.51. The summed E-state index contributed by atoms with van der Waals surface area (Å²) in [5.41, 5.74) is -0.447. The summed E-state index contributed by atoms with van der Waals surface area (Å²) in [7, 11) is 0. The molecule has 1 N–H and O–H groups in total. The number of carbonyl (C=O) groups is 1. The molecular formula is C20H38IN5O2. The van der Waals surface area contributed by atoms with E-state index in [4.69, 9.17) is 9.73 Å². The number of hydrogen-bond donors (Lipinski definition) is 1. The highest BCUT2D eigenvalue weighted by Gasteiger charge is 2.36. The number of nitrogens with one attached hydrogen (secondary N) is 1. The molecule has 0 aromatic rings. The summed E-state index contributed by atoms with van der Waals surface area (Å²) in [5.74, 6) is 1.61. The number of aliphatic imine (C=N–C) groups is 1. The fourth-order valence-electron chi connectivity index (χ4n) is 4.14. The van der Waals surface area contributed by atoms with E-state index < -0.39 is 5.60 Å². The van der Waals surface area contributed by atoms with Crippen molar-refractivity contribution in [2.45, 2.75) is 58.6 Å². The van der Waals surface area contributed by atoms with E-state index in [0.29, 0.717) is 19.0 Å². The summed E-state index contributed by atoms with van der Waals surface area (Å²) in [5, 5.41) is 3.57. The van der Waals surface area contributed by atoms with Crippen LogP contribution in [0.3, 0.4) is 0 Å². The van der Waals surface area contributed by atoms with Crippen LogP contribution in [0, 0.1) is 5.92 Å². The molecule has 0 spiro atoms. The van der Waals surface area contributed by atoms with Crippen molar-refractivity contribution in [3.05, 3.63) is 0 Å². The first-order valence-corrected chi connectivity index (χ1v) is 10.6. The maximum Gasteiger partial charge on any atom is 0.410 e. The Morgan fingerprint density at radius 1 is 1.21 bits per heavy atom. The van der Waals surface area contributed by atoms with Crippen molar-refractivity contribution in [2.75, 3.05) is 52.4 Å². The van der Waals surface area contributed by atoms with Crippen LogP contribution in [0.4, 0.5) is 4.79 Å². The average Bonchev–Trinajstić information content (AvgIpc) is 3.01. The maximum absolute atomic E-state index is 12.3. The number of nitrogens with zero attached hydrogens (tertiary/aromatic N) is 4. The molecule has 0 aromatic heterocycles. The van der Waals surface area contributed by atoms with Crippen LogP contribution in [-0.4, -0.2) is 90.8 Å². The summed E-state index contributed by atoms with van der Waals surface area (Å²) in [6.07, 6.45) is 3.86. The zero-order valence-corrected chi connectivity index (χ0v) is 20.3. The molecule has 7 nitrogen and oxygen atoms in total. The van der Waals surface area contributed by atoms with Gasteiger partial charge in [0, 0.05) is 32.7 Å². The van der Waals surface area contributed by atoms with E-state index in [1.165, 1.54) is 32.4 Å². The minimum atomic E-state index is -0.447. The lowest BCUT2D eigenvalue weighted by molar-refractivity contribution is 0.0137. The standard InChI is InChI=1S/C20H37N5O2.HI/c1-16(14-23-8-6-5-7-9-23)12-21-18-22-13-17-15-24(10-11-25(17)18)19(26)27-20(2,3)4;/h16-17H,5-15H2,1-4H3,(H,21,22);1H. The summed E-state index contributed by atoms with van der Waals surface area (Å²) in [4.78, 5) is 23.8. The topological polar surface area (TPSA) is 60.4 Å². The maximum atomic E-state index is 12.3. The fourth-order valence-corrected chi connectivity index (χ4v) is 4.14. The number of piperidine rings is 1. The first kappa shape index (κ1) is 23.5. The van der Waals surface area contributed by atoms with Crippen molar-refractivity contribution in [1.29, 1.82) is 0 Å². The second-order valence-electron chi connectivity index (χ2n) is 9.29. The van der Waals surface area contributed by atoms with Gasteiger partial charge in [0.1, 0.15) is 5.60 Å². The minimum absolute atomic E-state index is 0. The number of hydrogen-bond acceptors (Lipinski definition) is 6. The van der Waals surface area contributed by atoms with Crippen molar-refractivity contribution in [3.8, 4) is 0 Å². The molecule has 28 heavy (non-hydrogen) atoms. The Balaban J connectivity index is 0.00000280. The Kier molecular flexibility index (Phi) is 8.66. The van der Waals surface area contributed by atoms with Gasteiger partial charge in [-0.05, 0) is 52.6 Å². The SMILES string of the molecule is CC(CNC1=NCC2CN(C(=O)OC(C)(C)C)CCN12)CN1CCCCC1.I. The van der Waals surface area contributed by atoms with E-state index >= 15 is 0 Å². The van der Waals surface area contributed by atoms with Gasteiger partial charge >= 0.3 is 6.09 Å². The molecule has 2 atom stereocenters. The van der Waals surface area contributed by atoms with Gasteiger partial charge in [-0.2, -0.15) is 0 Å². The van der Waals surface area contributed by atoms with Crippen LogP contribution < -0.4 is 5.32 Å². The highest BCUT2D eigenvalue weighted by molar-refractivity contribution is 14.0. The van der Waals surface area contributed by atoms with Crippen LogP contribution in [0.2, 0.25) is 0 Å². The molecule has 3 rings (SSSR count). The normalized spacial score (nSPS) is 24.1. The smallest absolute Gasteiger partial charge is 0.410 e. The van der Waals surface area contributed by atoms with Crippen LogP contribution >= 0.6 is 24.0 Å². The summed E-state index contributed by atoms with van der Waals surface area (Å²) in [6, 6.07) is 0.270. The van der Waals surface area contributed by atoms with Crippen molar-refractivity contribution in [2.24, 2.45) is 10.9 Å². The van der Waals surface area contributed by atoms with Crippen molar-refractivity contribution < 1.29 is 9.53 Å². The van der Waals surface area contributed by atoms with E-state index in [9.17, 15) is 4.79 Å². The van der Waals surface area contributed by atoms with Crippen LogP contribution in [0.5, 0.6) is 0 Å². The molecule has 0 saturated carbocycles. The lowest BCUT2D eigenvalue weighted by Crippen LogP contribution is -2.57. The fraction of sp³-hybridized carbons (Fsp3) is 0.900. The van der Waals surface area contributed by atoms with Gasteiger partial charge in [-0.15, -0.1) is 24.0 Å². The van der Waals surface area contributed by atoms with Gasteiger partial charge in [0.2, 0.25) is 0 Å². The number of amides is 1. The lowest BCUT2D eigenvalue weighted by Gasteiger charge is -2.39. The molecule has 3 heterocycles. The Bertz CT molecular complexity index is 545. The lowest BCUT2D eigenvalue weighted by atomic mass is 10.1. The van der Waals surface area contributed by atoms with Gasteiger partial charge in [-0.1, -0.05) is 13.3 Å². The van der Waals surface area contributed by atoms with Crippen molar-refractivity contribution in [1.82, 2.24) is 20.0 Å². The van der Waals surface area contributed by atoms with E-state index in [0.717, 1.165) is 32.1 Å². The third-order valence-corrected chi connectivity index (χ3v) is 5.49. The number of fused-ring (bicyclic) bond motifs is 1. The molecule has 3 aliphatic rings. The predicted molar refractivity (Wildman–Crippen MR) is 123 cm³/mol. The van der Waals surface area contributed by atoms with Crippen LogP contribution in [0.1, 0.15) is 47.0 Å². The molecule has 2 fully saturated rings. The third kappa shape index (κ3) is 6.64. The van der Waals surface area contributed by atoms with Gasteiger partial charge in [0.05, 0.1) is 12.6 Å². The van der Waals surface area contributed by atoms with E-state index in [2.05, 4.69) is 22.0 Å². The second-order valence-corrected chi connectivity index (χ2v) is 9.29. The first-order chi connectivity index (χ1) is 12.8. The number of ether oxygens (including phenoxy) is 1. The molecule has 2 unspecified atom stereocenters. The Labute approximate surface area is 187 Å². The zero-order valence-electron chi connectivity index (χ0n) is 17.9. The van der Waals surface area contributed by atoms with E-state index in [-0.39, 0.29) is 36.1 Å². The number of likely N-dealkylation sites (tertiary alicyclic amines) is 1. The van der Waals surface area contributed by atoms with Gasteiger partial charge in [0.25, 0.3) is 0 Å². The largest absolute Gasteiger partial charge is 0.444 e.